The van der Waals surface area contributed by atoms with Gasteiger partial charge in [0.15, 0.2) is 0 Å². The van der Waals surface area contributed by atoms with Crippen LogP contribution in [0.2, 0.25) is 0 Å². The molecule has 1 aromatic heterocycles. The number of alkyl halides is 3. The molecule has 4 rings (SSSR count). The Labute approximate surface area is 208 Å². The highest BCUT2D eigenvalue weighted by atomic mass is 19.4. The number of aromatic nitrogens is 1. The van der Waals surface area contributed by atoms with Crippen molar-refractivity contribution >= 4 is 5.91 Å². The van der Waals surface area contributed by atoms with Crippen molar-refractivity contribution in [2.24, 2.45) is 5.41 Å². The van der Waals surface area contributed by atoms with Crippen molar-refractivity contribution in [3.63, 3.8) is 0 Å². The predicted molar refractivity (Wildman–Crippen MR) is 129 cm³/mol. The van der Waals surface area contributed by atoms with E-state index in [-0.39, 0.29) is 25.8 Å². The Balaban J connectivity index is 1.27. The van der Waals surface area contributed by atoms with Crippen LogP contribution in [-0.2, 0) is 17.8 Å². The lowest BCUT2D eigenvalue weighted by Gasteiger charge is -2.29. The lowest BCUT2D eigenvalue weighted by Crippen LogP contribution is -2.37. The number of nitrogens with one attached hydrogen (secondary N) is 1. The number of aliphatic hydroxyl groups excluding tert-OH is 1. The highest BCUT2D eigenvalue weighted by Crippen LogP contribution is 2.66. The number of amides is 1. The fraction of sp³-hybridized carbons (Fsp3) is 0.357. The minimum absolute atomic E-state index is 0.00442. The second-order valence-electron chi connectivity index (χ2n) is 9.27. The van der Waals surface area contributed by atoms with Gasteiger partial charge < -0.3 is 15.2 Å². The second kappa shape index (κ2) is 11.1. The minimum atomic E-state index is -4.39. The molecule has 1 saturated carbocycles. The summed E-state index contributed by atoms with van der Waals surface area (Å²) in [5.41, 5.74) is 0.480. The van der Waals surface area contributed by atoms with Crippen LogP contribution in [0.3, 0.4) is 0 Å². The van der Waals surface area contributed by atoms with Crippen LogP contribution in [0.1, 0.15) is 41.9 Å². The topological polar surface area (TPSA) is 71.5 Å². The van der Waals surface area contributed by atoms with E-state index in [0.29, 0.717) is 24.3 Å². The fourth-order valence-corrected chi connectivity index (χ4v) is 4.49. The number of rotatable bonds is 11. The van der Waals surface area contributed by atoms with Crippen LogP contribution >= 0.6 is 0 Å². The summed E-state index contributed by atoms with van der Waals surface area (Å²) in [5.74, 6) is -0.802. The standard InChI is InChI=1S/C28H29F3N2O3/c29-28(30,31)27(12-13-27)25(22-10-14-32-15-11-22)17-26(35)33-18-23(34)16-20-6-8-24(9-7-20)36-19-21-4-2-1-3-5-21/h1-11,14-15,23,25,34H,12-13,16-19H2,(H,33,35). The van der Waals surface area contributed by atoms with E-state index in [1.165, 1.54) is 24.5 Å². The molecule has 2 N–H and O–H groups in total. The second-order valence-corrected chi connectivity index (χ2v) is 9.27. The maximum absolute atomic E-state index is 13.8. The Kier molecular flexibility index (Phi) is 7.94. The number of aliphatic hydroxyl groups is 1. The molecule has 36 heavy (non-hydrogen) atoms. The van der Waals surface area contributed by atoms with Gasteiger partial charge in [0.2, 0.25) is 5.91 Å². The van der Waals surface area contributed by atoms with E-state index in [0.717, 1.165) is 11.1 Å². The first-order valence-corrected chi connectivity index (χ1v) is 11.9. The van der Waals surface area contributed by atoms with Crippen molar-refractivity contribution in [1.29, 1.82) is 0 Å². The molecule has 1 aliphatic carbocycles. The lowest BCUT2D eigenvalue weighted by atomic mass is 9.80. The van der Waals surface area contributed by atoms with Crippen LogP contribution in [0.25, 0.3) is 0 Å². The normalized spacial score (nSPS) is 16.1. The van der Waals surface area contributed by atoms with E-state index in [1.54, 1.807) is 0 Å². The van der Waals surface area contributed by atoms with Crippen molar-refractivity contribution in [1.82, 2.24) is 10.3 Å². The third kappa shape index (κ3) is 6.43. The average Bonchev–Trinajstić information content (AvgIpc) is 3.69. The summed E-state index contributed by atoms with van der Waals surface area (Å²) in [5, 5.41) is 13.0. The van der Waals surface area contributed by atoms with E-state index >= 15 is 0 Å². The molecule has 3 aromatic rings. The lowest BCUT2D eigenvalue weighted by molar-refractivity contribution is -0.194. The first-order chi connectivity index (χ1) is 17.3. The van der Waals surface area contributed by atoms with Crippen LogP contribution in [0.4, 0.5) is 13.2 Å². The SMILES string of the molecule is O=C(CC(c1ccncc1)C1(C(F)(F)F)CC1)NCC(O)Cc1ccc(OCc2ccccc2)cc1. The number of nitrogens with zero attached hydrogens (tertiary/aromatic N) is 1. The number of carbonyl (C=O) groups is 1. The summed E-state index contributed by atoms with van der Waals surface area (Å²) in [6.07, 6.45) is -2.39. The highest BCUT2D eigenvalue weighted by molar-refractivity contribution is 5.77. The van der Waals surface area contributed by atoms with Gasteiger partial charge in [-0.1, -0.05) is 42.5 Å². The Morgan fingerprint density at radius 1 is 1.00 bits per heavy atom. The van der Waals surface area contributed by atoms with Crippen molar-refractivity contribution in [3.05, 3.63) is 95.8 Å². The number of halogens is 3. The Hall–Kier alpha value is -3.39. The molecule has 1 fully saturated rings. The van der Waals surface area contributed by atoms with E-state index in [4.69, 9.17) is 4.74 Å². The summed E-state index contributed by atoms with van der Waals surface area (Å²) in [6.45, 7) is 0.401. The molecule has 0 saturated heterocycles. The maximum Gasteiger partial charge on any atom is 0.395 e. The van der Waals surface area contributed by atoms with E-state index in [1.807, 2.05) is 54.6 Å². The molecule has 2 unspecified atom stereocenters. The molecule has 190 valence electrons. The summed E-state index contributed by atoms with van der Waals surface area (Å²) in [6, 6.07) is 20.2. The van der Waals surface area contributed by atoms with Crippen LogP contribution in [0.5, 0.6) is 5.75 Å². The fourth-order valence-electron chi connectivity index (χ4n) is 4.49. The van der Waals surface area contributed by atoms with Crippen molar-refractivity contribution in [2.45, 2.75) is 50.5 Å². The van der Waals surface area contributed by atoms with Gasteiger partial charge in [0.05, 0.1) is 11.5 Å². The molecule has 1 heterocycles. The van der Waals surface area contributed by atoms with Gasteiger partial charge in [-0.25, -0.2) is 0 Å². The third-order valence-electron chi connectivity index (χ3n) is 6.70. The van der Waals surface area contributed by atoms with Crippen LogP contribution in [0.15, 0.2) is 79.1 Å². The predicted octanol–water partition coefficient (Wildman–Crippen LogP) is 5.20. The molecular weight excluding hydrogens is 469 g/mol. The molecule has 0 aliphatic heterocycles. The molecular formula is C28H29F3N2O3. The quantitative estimate of drug-likeness (QED) is 0.381. The average molecular weight is 499 g/mol. The molecule has 0 bridgehead atoms. The van der Waals surface area contributed by atoms with E-state index in [2.05, 4.69) is 10.3 Å². The van der Waals surface area contributed by atoms with Crippen LogP contribution in [0, 0.1) is 5.41 Å². The third-order valence-corrected chi connectivity index (χ3v) is 6.70. The van der Waals surface area contributed by atoms with Gasteiger partial charge in [0, 0.05) is 37.7 Å². The van der Waals surface area contributed by atoms with Gasteiger partial charge >= 0.3 is 6.18 Å². The number of ether oxygens (including phenoxy) is 1. The Morgan fingerprint density at radius 2 is 1.67 bits per heavy atom. The largest absolute Gasteiger partial charge is 0.489 e. The van der Waals surface area contributed by atoms with Crippen LogP contribution in [-0.4, -0.2) is 34.8 Å². The van der Waals surface area contributed by atoms with Gasteiger partial charge in [-0.15, -0.1) is 0 Å². The molecule has 0 spiro atoms. The smallest absolute Gasteiger partial charge is 0.395 e. The molecule has 1 amide bonds. The van der Waals surface area contributed by atoms with Crippen molar-refractivity contribution in [3.8, 4) is 5.75 Å². The zero-order valence-electron chi connectivity index (χ0n) is 19.7. The summed E-state index contributed by atoms with van der Waals surface area (Å²) in [4.78, 5) is 16.5. The molecule has 0 radical (unpaired) electrons. The van der Waals surface area contributed by atoms with Crippen molar-refractivity contribution < 1.29 is 27.8 Å². The van der Waals surface area contributed by atoms with Gasteiger partial charge in [0.25, 0.3) is 0 Å². The molecule has 2 aromatic carbocycles. The summed E-state index contributed by atoms with van der Waals surface area (Å²) in [7, 11) is 0. The van der Waals surface area contributed by atoms with Gasteiger partial charge in [-0.3, -0.25) is 9.78 Å². The maximum atomic E-state index is 13.8. The first kappa shape index (κ1) is 25.7. The monoisotopic (exact) mass is 498 g/mol. The van der Waals surface area contributed by atoms with Gasteiger partial charge in [-0.05, 0) is 53.8 Å². The number of pyridine rings is 1. The van der Waals surface area contributed by atoms with E-state index in [9.17, 15) is 23.1 Å². The zero-order valence-corrected chi connectivity index (χ0v) is 19.7. The van der Waals surface area contributed by atoms with Gasteiger partial charge in [-0.2, -0.15) is 13.2 Å². The molecule has 1 aliphatic rings. The van der Waals surface area contributed by atoms with Gasteiger partial charge in [0.1, 0.15) is 12.4 Å². The first-order valence-electron chi connectivity index (χ1n) is 11.9. The highest BCUT2D eigenvalue weighted by Gasteiger charge is 2.67. The van der Waals surface area contributed by atoms with E-state index < -0.39 is 29.5 Å². The number of hydrogen-bond acceptors (Lipinski definition) is 4. The zero-order chi connectivity index (χ0) is 25.6. The molecule has 5 nitrogen and oxygen atoms in total. The number of carbonyl (C=O) groups excluding carboxylic acids is 1. The number of benzene rings is 2. The summed E-state index contributed by atoms with van der Waals surface area (Å²) < 4.78 is 47.2. The Bertz CT molecular complexity index is 1120. The number of hydrogen-bond donors (Lipinski definition) is 2. The van der Waals surface area contributed by atoms with Crippen LogP contribution < -0.4 is 10.1 Å². The molecule has 2 atom stereocenters. The summed E-state index contributed by atoms with van der Waals surface area (Å²) >= 11 is 0. The Morgan fingerprint density at radius 3 is 2.28 bits per heavy atom. The minimum Gasteiger partial charge on any atom is -0.489 e. The van der Waals surface area contributed by atoms with Crippen molar-refractivity contribution in [2.75, 3.05) is 6.54 Å². The molecule has 8 heteroatoms.